The van der Waals surface area contributed by atoms with E-state index in [2.05, 4.69) is 10.6 Å². The number of nitrogens with zero attached hydrogens (tertiary/aromatic N) is 2. The molecule has 2 rings (SSSR count). The van der Waals surface area contributed by atoms with E-state index in [0.29, 0.717) is 0 Å². The van der Waals surface area contributed by atoms with Gasteiger partial charge in [-0.1, -0.05) is 18.2 Å². The van der Waals surface area contributed by atoms with Gasteiger partial charge in [-0.2, -0.15) is 8.42 Å². The van der Waals surface area contributed by atoms with Crippen LogP contribution in [0, 0.1) is 0 Å². The van der Waals surface area contributed by atoms with Crippen LogP contribution in [0.25, 0.3) is 0 Å². The van der Waals surface area contributed by atoms with Crippen molar-refractivity contribution in [1.82, 2.24) is 20.4 Å². The summed E-state index contributed by atoms with van der Waals surface area (Å²) in [6.07, 6.45) is -1.15. The Balaban J connectivity index is 2.51. The van der Waals surface area contributed by atoms with Crippen LogP contribution in [0.4, 0.5) is 0 Å². The summed E-state index contributed by atoms with van der Waals surface area (Å²) in [5.74, 6) is -1.01. The molecule has 0 aromatic heterocycles. The first-order valence-corrected chi connectivity index (χ1v) is 9.93. The molecule has 27 heavy (non-hydrogen) atoms. The van der Waals surface area contributed by atoms with Gasteiger partial charge in [0.1, 0.15) is 11.4 Å². The third-order valence-electron chi connectivity index (χ3n) is 4.14. The maximum Gasteiger partial charge on any atom is 0.300 e. The number of hydrogen-bond acceptors (Lipinski definition) is 7. The lowest BCUT2D eigenvalue weighted by molar-refractivity contribution is -0.120. The average Bonchev–Trinajstić information content (AvgIpc) is 2.99. The molecule has 0 saturated carbocycles. The predicted octanol–water partition coefficient (Wildman–Crippen LogP) is 0.0365. The number of rotatable bonds is 7. The van der Waals surface area contributed by atoms with Gasteiger partial charge < -0.3 is 20.4 Å². The van der Waals surface area contributed by atoms with Gasteiger partial charge in [0.25, 0.3) is 21.9 Å². The van der Waals surface area contributed by atoms with Gasteiger partial charge in [-0.25, -0.2) is 4.18 Å². The van der Waals surface area contributed by atoms with Crippen LogP contribution in [0.15, 0.2) is 46.6 Å². The molecule has 9 nitrogen and oxygen atoms in total. The smallest absolute Gasteiger partial charge is 0.300 e. The van der Waals surface area contributed by atoms with Crippen molar-refractivity contribution in [2.75, 3.05) is 27.2 Å². The van der Waals surface area contributed by atoms with Crippen molar-refractivity contribution in [1.29, 1.82) is 0 Å². The highest BCUT2D eigenvalue weighted by Crippen LogP contribution is 2.32. The number of carbonyl (C=O) groups is 2. The lowest BCUT2D eigenvalue weighted by Gasteiger charge is -2.32. The standard InChI is InChI=1S/C17H24N4O5S/c1-5-20-13(15(22)18-3)14(16(23)19-4)21(6-2)17(20)26-27(24,25)12-10-8-7-9-11-12/h7-11,17H,5-6H2,1-4H3,(H,18,22)(H,19,23). The fraction of sp³-hybridized carbons (Fsp3) is 0.412. The highest BCUT2D eigenvalue weighted by atomic mass is 32.2. The molecular weight excluding hydrogens is 372 g/mol. The molecule has 0 fully saturated rings. The summed E-state index contributed by atoms with van der Waals surface area (Å²) in [5.41, 5.74) is 0.129. The summed E-state index contributed by atoms with van der Waals surface area (Å²) in [4.78, 5) is 27.8. The summed E-state index contributed by atoms with van der Waals surface area (Å²) in [5, 5.41) is 4.98. The van der Waals surface area contributed by atoms with Crippen molar-refractivity contribution < 1.29 is 22.2 Å². The molecule has 0 bridgehead atoms. The molecule has 1 aromatic carbocycles. The molecule has 0 saturated heterocycles. The highest BCUT2D eigenvalue weighted by Gasteiger charge is 2.45. The van der Waals surface area contributed by atoms with E-state index >= 15 is 0 Å². The van der Waals surface area contributed by atoms with Gasteiger partial charge >= 0.3 is 0 Å². The fourth-order valence-electron chi connectivity index (χ4n) is 2.86. The molecule has 148 valence electrons. The minimum atomic E-state index is -4.11. The maximum absolute atomic E-state index is 12.7. The minimum Gasteiger partial charge on any atom is -0.354 e. The SMILES string of the molecule is CCN1C(C(=O)NC)=C(C(=O)NC)N(CC)C1OS(=O)(=O)c1ccccc1. The molecule has 1 heterocycles. The van der Waals surface area contributed by atoms with E-state index in [0.717, 1.165) is 0 Å². The van der Waals surface area contributed by atoms with Crippen LogP contribution in [-0.2, 0) is 23.9 Å². The quantitative estimate of drug-likeness (QED) is 0.626. The molecule has 2 N–H and O–H groups in total. The van der Waals surface area contributed by atoms with Gasteiger partial charge in [-0.3, -0.25) is 9.59 Å². The topological polar surface area (TPSA) is 108 Å². The van der Waals surface area contributed by atoms with Crippen LogP contribution >= 0.6 is 0 Å². The minimum absolute atomic E-state index is 0.00741. The Morgan fingerprint density at radius 2 is 1.41 bits per heavy atom. The van der Waals surface area contributed by atoms with E-state index in [4.69, 9.17) is 4.18 Å². The van der Waals surface area contributed by atoms with Crippen molar-refractivity contribution in [3.63, 3.8) is 0 Å². The number of nitrogens with one attached hydrogen (secondary N) is 2. The van der Waals surface area contributed by atoms with Crippen molar-refractivity contribution >= 4 is 21.9 Å². The second-order valence-corrected chi connectivity index (χ2v) is 7.19. The monoisotopic (exact) mass is 396 g/mol. The number of likely N-dealkylation sites (N-methyl/N-ethyl adjacent to an activating group) is 4. The maximum atomic E-state index is 12.7. The Bertz CT molecular complexity index is 804. The molecule has 0 unspecified atom stereocenters. The van der Waals surface area contributed by atoms with E-state index in [-0.39, 0.29) is 29.4 Å². The Hall–Kier alpha value is -2.59. The zero-order valence-electron chi connectivity index (χ0n) is 15.7. The summed E-state index contributed by atoms with van der Waals surface area (Å²) >= 11 is 0. The van der Waals surface area contributed by atoms with Gasteiger partial charge in [-0.15, -0.1) is 0 Å². The number of hydrogen-bond donors (Lipinski definition) is 2. The molecule has 10 heteroatoms. The van der Waals surface area contributed by atoms with Crippen LogP contribution < -0.4 is 10.6 Å². The van der Waals surface area contributed by atoms with Crippen molar-refractivity contribution in [3.05, 3.63) is 41.7 Å². The summed E-state index contributed by atoms with van der Waals surface area (Å²) < 4.78 is 30.9. The molecule has 1 aromatic rings. The van der Waals surface area contributed by atoms with Gasteiger partial charge in [0.2, 0.25) is 6.35 Å². The second kappa shape index (κ2) is 8.40. The average molecular weight is 396 g/mol. The van der Waals surface area contributed by atoms with Crippen LogP contribution in [0.3, 0.4) is 0 Å². The third-order valence-corrected chi connectivity index (χ3v) is 5.42. The van der Waals surface area contributed by atoms with Crippen molar-refractivity contribution in [2.45, 2.75) is 25.1 Å². The van der Waals surface area contributed by atoms with Gasteiger partial charge in [-0.05, 0) is 26.0 Å². The summed E-state index contributed by atoms with van der Waals surface area (Å²) in [7, 11) is -1.23. The first-order chi connectivity index (χ1) is 12.8. The van der Waals surface area contributed by atoms with Crippen LogP contribution in [0.1, 0.15) is 13.8 Å². The molecule has 0 spiro atoms. The van der Waals surface area contributed by atoms with Crippen LogP contribution in [0.2, 0.25) is 0 Å². The first kappa shape index (κ1) is 20.7. The van der Waals surface area contributed by atoms with Crippen LogP contribution in [0.5, 0.6) is 0 Å². The number of amides is 2. The van der Waals surface area contributed by atoms with E-state index in [9.17, 15) is 18.0 Å². The molecule has 1 aliphatic rings. The Morgan fingerprint density at radius 1 is 0.963 bits per heavy atom. The predicted molar refractivity (Wildman–Crippen MR) is 98.4 cm³/mol. The third kappa shape index (κ3) is 3.91. The Labute approximate surface area is 159 Å². The molecule has 0 radical (unpaired) electrons. The van der Waals surface area contributed by atoms with Gasteiger partial charge in [0.15, 0.2) is 0 Å². The normalized spacial score (nSPS) is 15.3. The van der Waals surface area contributed by atoms with Gasteiger partial charge in [0.05, 0.1) is 4.90 Å². The lowest BCUT2D eigenvalue weighted by Crippen LogP contribution is -2.45. The van der Waals surface area contributed by atoms with E-state index in [1.54, 1.807) is 32.0 Å². The Kier molecular flexibility index (Phi) is 6.45. The lowest BCUT2D eigenvalue weighted by atomic mass is 10.2. The summed E-state index contributed by atoms with van der Waals surface area (Å²) in [6.45, 7) is 4.01. The highest BCUT2D eigenvalue weighted by molar-refractivity contribution is 7.86. The molecule has 0 aliphatic carbocycles. The first-order valence-electron chi connectivity index (χ1n) is 8.52. The van der Waals surface area contributed by atoms with Crippen molar-refractivity contribution in [2.24, 2.45) is 0 Å². The zero-order valence-corrected chi connectivity index (χ0v) is 16.5. The molecule has 2 amide bonds. The molecule has 0 atom stereocenters. The molecule has 1 aliphatic heterocycles. The van der Waals surface area contributed by atoms with Crippen LogP contribution in [-0.4, -0.2) is 63.6 Å². The Morgan fingerprint density at radius 3 is 1.78 bits per heavy atom. The largest absolute Gasteiger partial charge is 0.354 e. The van der Waals surface area contributed by atoms with Crippen molar-refractivity contribution in [3.8, 4) is 0 Å². The molecular formula is C17H24N4O5S. The zero-order chi connectivity index (χ0) is 20.2. The summed E-state index contributed by atoms with van der Waals surface area (Å²) in [6, 6.07) is 7.71. The number of benzene rings is 1. The second-order valence-electron chi connectivity index (χ2n) is 5.62. The number of carbonyl (C=O) groups excluding carboxylic acids is 2. The van der Waals surface area contributed by atoms with E-state index in [1.165, 1.54) is 36.0 Å². The van der Waals surface area contributed by atoms with E-state index < -0.39 is 28.3 Å². The fourth-order valence-corrected chi connectivity index (χ4v) is 3.90. The van der Waals surface area contributed by atoms with E-state index in [1.807, 2.05) is 0 Å². The van der Waals surface area contributed by atoms with Gasteiger partial charge in [0, 0.05) is 27.2 Å².